The van der Waals surface area contributed by atoms with Gasteiger partial charge in [0, 0.05) is 17.7 Å². The molecule has 0 saturated heterocycles. The molecular formula is C17H17N3O5. The number of carbonyl (C=O) groups is 2. The van der Waals surface area contributed by atoms with E-state index in [-0.39, 0.29) is 24.3 Å². The van der Waals surface area contributed by atoms with E-state index in [0.29, 0.717) is 5.75 Å². The first-order valence-corrected chi connectivity index (χ1v) is 7.49. The van der Waals surface area contributed by atoms with Crippen LogP contribution in [0.2, 0.25) is 0 Å². The molecule has 2 aromatic carbocycles. The number of para-hydroxylation sites is 1. The molecule has 2 aromatic rings. The van der Waals surface area contributed by atoms with E-state index in [0.717, 1.165) is 11.6 Å². The zero-order valence-corrected chi connectivity index (χ0v) is 13.5. The van der Waals surface area contributed by atoms with Gasteiger partial charge in [0.2, 0.25) is 5.91 Å². The molecule has 2 rings (SSSR count). The average molecular weight is 343 g/mol. The summed E-state index contributed by atoms with van der Waals surface area (Å²) in [6.07, 6.45) is 0.0452. The molecule has 0 aliphatic rings. The van der Waals surface area contributed by atoms with Crippen LogP contribution in [0.4, 0.5) is 5.69 Å². The van der Waals surface area contributed by atoms with E-state index < -0.39 is 16.7 Å². The SMILES string of the molecule is Cc1ccccc1OCCC(=O)NNC(=O)c1cccc([N+](=O)[O-])c1. The fourth-order valence-corrected chi connectivity index (χ4v) is 1.99. The van der Waals surface area contributed by atoms with Crippen LogP contribution in [0.15, 0.2) is 48.5 Å². The van der Waals surface area contributed by atoms with E-state index in [1.54, 1.807) is 6.07 Å². The van der Waals surface area contributed by atoms with Gasteiger partial charge in [-0.15, -0.1) is 0 Å². The smallest absolute Gasteiger partial charge is 0.270 e. The highest BCUT2D eigenvalue weighted by Gasteiger charge is 2.12. The van der Waals surface area contributed by atoms with Crippen molar-refractivity contribution in [2.75, 3.05) is 6.61 Å². The third-order valence-corrected chi connectivity index (χ3v) is 3.31. The van der Waals surface area contributed by atoms with Crippen molar-refractivity contribution in [3.05, 3.63) is 69.8 Å². The van der Waals surface area contributed by atoms with Crippen molar-refractivity contribution in [3.8, 4) is 5.75 Å². The Morgan fingerprint density at radius 2 is 1.88 bits per heavy atom. The van der Waals surface area contributed by atoms with Gasteiger partial charge in [0.15, 0.2) is 0 Å². The Morgan fingerprint density at radius 3 is 2.60 bits per heavy atom. The number of rotatable bonds is 6. The number of benzene rings is 2. The molecule has 0 fully saturated rings. The van der Waals surface area contributed by atoms with Crippen LogP contribution in [-0.2, 0) is 4.79 Å². The van der Waals surface area contributed by atoms with Crippen LogP contribution in [0.25, 0.3) is 0 Å². The van der Waals surface area contributed by atoms with E-state index in [2.05, 4.69) is 10.9 Å². The second-order valence-corrected chi connectivity index (χ2v) is 5.17. The Morgan fingerprint density at radius 1 is 1.12 bits per heavy atom. The molecule has 0 bridgehead atoms. The zero-order chi connectivity index (χ0) is 18.2. The summed E-state index contributed by atoms with van der Waals surface area (Å²) < 4.78 is 5.49. The number of carbonyl (C=O) groups excluding carboxylic acids is 2. The standard InChI is InChI=1S/C17H17N3O5/c1-12-5-2-3-8-15(12)25-10-9-16(21)18-19-17(22)13-6-4-7-14(11-13)20(23)24/h2-8,11H,9-10H2,1H3,(H,18,21)(H,19,22). The van der Waals surface area contributed by atoms with Crippen molar-refractivity contribution in [1.29, 1.82) is 0 Å². The molecule has 0 unspecified atom stereocenters. The van der Waals surface area contributed by atoms with Crippen LogP contribution < -0.4 is 15.6 Å². The molecule has 0 aliphatic carbocycles. The van der Waals surface area contributed by atoms with Crippen LogP contribution >= 0.6 is 0 Å². The van der Waals surface area contributed by atoms with Crippen molar-refractivity contribution in [2.24, 2.45) is 0 Å². The van der Waals surface area contributed by atoms with Gasteiger partial charge in [0.1, 0.15) is 5.75 Å². The maximum Gasteiger partial charge on any atom is 0.270 e. The summed E-state index contributed by atoms with van der Waals surface area (Å²) >= 11 is 0. The second-order valence-electron chi connectivity index (χ2n) is 5.17. The lowest BCUT2D eigenvalue weighted by molar-refractivity contribution is -0.384. The Bertz CT molecular complexity index is 791. The third-order valence-electron chi connectivity index (χ3n) is 3.31. The predicted octanol–water partition coefficient (Wildman–Crippen LogP) is 2.13. The second kappa shape index (κ2) is 8.44. The van der Waals surface area contributed by atoms with Crippen molar-refractivity contribution in [3.63, 3.8) is 0 Å². The number of nitro groups is 1. The average Bonchev–Trinajstić information content (AvgIpc) is 2.61. The highest BCUT2D eigenvalue weighted by molar-refractivity contribution is 5.95. The highest BCUT2D eigenvalue weighted by atomic mass is 16.6. The van der Waals surface area contributed by atoms with E-state index in [1.165, 1.54) is 18.2 Å². The first-order valence-electron chi connectivity index (χ1n) is 7.49. The van der Waals surface area contributed by atoms with Crippen LogP contribution in [0.5, 0.6) is 5.75 Å². The summed E-state index contributed by atoms with van der Waals surface area (Å²) in [5, 5.41) is 10.7. The quantitative estimate of drug-likeness (QED) is 0.616. The van der Waals surface area contributed by atoms with Gasteiger partial charge in [0.05, 0.1) is 18.0 Å². The molecule has 0 spiro atoms. The Hall–Kier alpha value is -3.42. The zero-order valence-electron chi connectivity index (χ0n) is 13.5. The lowest BCUT2D eigenvalue weighted by Crippen LogP contribution is -2.42. The Labute approximate surface area is 143 Å². The summed E-state index contributed by atoms with van der Waals surface area (Å²) in [7, 11) is 0. The van der Waals surface area contributed by atoms with Gasteiger partial charge >= 0.3 is 0 Å². The molecule has 0 aromatic heterocycles. The number of nitrogens with one attached hydrogen (secondary N) is 2. The first-order chi connectivity index (χ1) is 12.0. The number of ether oxygens (including phenoxy) is 1. The molecule has 0 atom stereocenters. The number of hydrogen-bond donors (Lipinski definition) is 2. The maximum atomic E-state index is 11.9. The third kappa shape index (κ3) is 5.31. The molecule has 0 saturated carbocycles. The topological polar surface area (TPSA) is 111 Å². The van der Waals surface area contributed by atoms with Crippen LogP contribution in [0.1, 0.15) is 22.3 Å². The summed E-state index contributed by atoms with van der Waals surface area (Å²) in [5.74, 6) is -0.389. The van der Waals surface area contributed by atoms with Gasteiger partial charge in [0.25, 0.3) is 11.6 Å². The van der Waals surface area contributed by atoms with E-state index in [4.69, 9.17) is 4.74 Å². The van der Waals surface area contributed by atoms with Gasteiger partial charge < -0.3 is 4.74 Å². The van der Waals surface area contributed by atoms with Gasteiger partial charge in [-0.05, 0) is 24.6 Å². The first kappa shape index (κ1) is 17.9. The van der Waals surface area contributed by atoms with Crippen molar-refractivity contribution < 1.29 is 19.2 Å². The largest absolute Gasteiger partial charge is 0.493 e. The molecule has 2 N–H and O–H groups in total. The minimum absolute atomic E-state index is 0.0452. The van der Waals surface area contributed by atoms with E-state index >= 15 is 0 Å². The minimum atomic E-state index is -0.642. The Kier molecular flexibility index (Phi) is 6.05. The summed E-state index contributed by atoms with van der Waals surface area (Å²) in [4.78, 5) is 33.7. The summed E-state index contributed by atoms with van der Waals surface area (Å²) in [6, 6.07) is 12.6. The molecular weight excluding hydrogens is 326 g/mol. The van der Waals surface area contributed by atoms with Gasteiger partial charge in [-0.3, -0.25) is 30.6 Å². The molecule has 25 heavy (non-hydrogen) atoms. The molecule has 0 radical (unpaired) electrons. The minimum Gasteiger partial charge on any atom is -0.493 e. The summed E-state index contributed by atoms with van der Waals surface area (Å²) in [5.41, 5.74) is 5.28. The monoisotopic (exact) mass is 343 g/mol. The van der Waals surface area contributed by atoms with Gasteiger partial charge in [-0.1, -0.05) is 24.3 Å². The van der Waals surface area contributed by atoms with E-state index in [9.17, 15) is 19.7 Å². The number of amides is 2. The predicted molar refractivity (Wildman–Crippen MR) is 90.0 cm³/mol. The number of nitrogens with zero attached hydrogens (tertiary/aromatic N) is 1. The highest BCUT2D eigenvalue weighted by Crippen LogP contribution is 2.16. The van der Waals surface area contributed by atoms with Gasteiger partial charge in [-0.25, -0.2) is 0 Å². The summed E-state index contributed by atoms with van der Waals surface area (Å²) in [6.45, 7) is 2.05. The van der Waals surface area contributed by atoms with Crippen LogP contribution in [0.3, 0.4) is 0 Å². The van der Waals surface area contributed by atoms with Crippen LogP contribution in [-0.4, -0.2) is 23.3 Å². The van der Waals surface area contributed by atoms with Crippen LogP contribution in [0, 0.1) is 17.0 Å². The molecule has 2 amide bonds. The lowest BCUT2D eigenvalue weighted by Gasteiger charge is -2.10. The number of hydrazine groups is 1. The lowest BCUT2D eigenvalue weighted by atomic mass is 10.2. The number of non-ortho nitro benzene ring substituents is 1. The molecule has 8 heteroatoms. The maximum absolute atomic E-state index is 11.9. The molecule has 130 valence electrons. The van der Waals surface area contributed by atoms with Crippen molar-refractivity contribution in [1.82, 2.24) is 10.9 Å². The number of aryl methyl sites for hydroxylation is 1. The molecule has 8 nitrogen and oxygen atoms in total. The van der Waals surface area contributed by atoms with Crippen molar-refractivity contribution >= 4 is 17.5 Å². The van der Waals surface area contributed by atoms with Gasteiger partial charge in [-0.2, -0.15) is 0 Å². The van der Waals surface area contributed by atoms with E-state index in [1.807, 2.05) is 25.1 Å². The number of nitro benzene ring substituents is 1. The Balaban J connectivity index is 1.78. The fourth-order valence-electron chi connectivity index (χ4n) is 1.99. The molecule has 0 heterocycles. The van der Waals surface area contributed by atoms with Crippen molar-refractivity contribution in [2.45, 2.75) is 13.3 Å². The normalized spacial score (nSPS) is 9.96. The fraction of sp³-hybridized carbons (Fsp3) is 0.176. The number of hydrogen-bond acceptors (Lipinski definition) is 5. The molecule has 0 aliphatic heterocycles.